The second kappa shape index (κ2) is 9.24. The quantitative estimate of drug-likeness (QED) is 0.620. The van der Waals surface area contributed by atoms with Gasteiger partial charge in [0.2, 0.25) is 0 Å². The van der Waals surface area contributed by atoms with Gasteiger partial charge < -0.3 is 19.2 Å². The van der Waals surface area contributed by atoms with Gasteiger partial charge in [0.15, 0.2) is 6.61 Å². The van der Waals surface area contributed by atoms with E-state index >= 15 is 0 Å². The summed E-state index contributed by atoms with van der Waals surface area (Å²) in [5.41, 5.74) is 1.05. The first-order chi connectivity index (χ1) is 13.2. The van der Waals surface area contributed by atoms with Gasteiger partial charge in [-0.1, -0.05) is 36.4 Å². The molecule has 0 atom stereocenters. The number of nitrogens with one attached hydrogen (secondary N) is 1. The molecule has 0 radical (unpaired) electrons. The van der Waals surface area contributed by atoms with Crippen molar-refractivity contribution in [1.29, 1.82) is 0 Å². The number of benzene rings is 2. The van der Waals surface area contributed by atoms with Crippen LogP contribution in [0.3, 0.4) is 0 Å². The summed E-state index contributed by atoms with van der Waals surface area (Å²) in [7, 11) is 0. The van der Waals surface area contributed by atoms with Gasteiger partial charge in [0, 0.05) is 5.56 Å². The van der Waals surface area contributed by atoms with Gasteiger partial charge in [0.1, 0.15) is 18.1 Å². The number of carbonyl (C=O) groups excluding carboxylic acids is 2. The van der Waals surface area contributed by atoms with Crippen LogP contribution in [0.15, 0.2) is 77.4 Å². The zero-order valence-electron chi connectivity index (χ0n) is 14.6. The van der Waals surface area contributed by atoms with Gasteiger partial charge in [-0.15, -0.1) is 0 Å². The molecule has 0 aliphatic carbocycles. The highest BCUT2D eigenvalue weighted by Gasteiger charge is 2.14. The molecule has 27 heavy (non-hydrogen) atoms. The first-order valence-corrected chi connectivity index (χ1v) is 8.44. The van der Waals surface area contributed by atoms with E-state index in [0.29, 0.717) is 22.6 Å². The summed E-state index contributed by atoms with van der Waals surface area (Å²) in [6.45, 7) is 0.0955. The fourth-order valence-corrected chi connectivity index (χ4v) is 2.38. The second-order valence-corrected chi connectivity index (χ2v) is 5.69. The number of furan rings is 1. The van der Waals surface area contributed by atoms with Crippen molar-refractivity contribution in [3.63, 3.8) is 0 Å². The van der Waals surface area contributed by atoms with Gasteiger partial charge in [-0.05, 0) is 30.3 Å². The molecule has 0 aliphatic rings. The number of ether oxygens (including phenoxy) is 2. The molecule has 0 saturated heterocycles. The Morgan fingerprint density at radius 2 is 1.70 bits per heavy atom. The highest BCUT2D eigenvalue weighted by atomic mass is 16.5. The third kappa shape index (κ3) is 5.47. The molecule has 0 spiro atoms. The van der Waals surface area contributed by atoms with E-state index in [1.807, 2.05) is 36.4 Å². The Hall–Kier alpha value is -3.54. The van der Waals surface area contributed by atoms with Crippen molar-refractivity contribution in [3.8, 4) is 5.75 Å². The van der Waals surface area contributed by atoms with Crippen LogP contribution in [0.5, 0.6) is 5.75 Å². The van der Waals surface area contributed by atoms with Crippen LogP contribution in [-0.2, 0) is 22.7 Å². The summed E-state index contributed by atoms with van der Waals surface area (Å²) in [4.78, 5) is 24.2. The van der Waals surface area contributed by atoms with Crippen LogP contribution in [0, 0.1) is 0 Å². The standard InChI is InChI=1S/C21H19NO5/c23-20(22-13-18-10-6-12-25-18)15-27-21(24)19-11-5-4-7-16(19)14-26-17-8-2-1-3-9-17/h1-12H,13-15H2,(H,22,23). The Morgan fingerprint density at radius 1 is 0.926 bits per heavy atom. The number of carbonyl (C=O) groups is 2. The highest BCUT2D eigenvalue weighted by Crippen LogP contribution is 2.15. The van der Waals surface area contributed by atoms with Crippen LogP contribution < -0.4 is 10.1 Å². The molecule has 6 heteroatoms. The van der Waals surface area contributed by atoms with Crippen LogP contribution in [-0.4, -0.2) is 18.5 Å². The van der Waals surface area contributed by atoms with Crippen molar-refractivity contribution >= 4 is 11.9 Å². The van der Waals surface area contributed by atoms with E-state index in [4.69, 9.17) is 13.9 Å². The molecule has 3 rings (SSSR count). The molecule has 0 aliphatic heterocycles. The minimum absolute atomic E-state index is 0.222. The molecule has 138 valence electrons. The lowest BCUT2D eigenvalue weighted by molar-refractivity contribution is -0.124. The number of hydrogen-bond donors (Lipinski definition) is 1. The first kappa shape index (κ1) is 18.3. The van der Waals surface area contributed by atoms with E-state index < -0.39 is 11.9 Å². The van der Waals surface area contributed by atoms with Crippen molar-refractivity contribution < 1.29 is 23.5 Å². The third-order valence-corrected chi connectivity index (χ3v) is 3.75. The maximum Gasteiger partial charge on any atom is 0.339 e. The fraction of sp³-hybridized carbons (Fsp3) is 0.143. The van der Waals surface area contributed by atoms with Gasteiger partial charge >= 0.3 is 5.97 Å². The number of rotatable bonds is 8. The van der Waals surface area contributed by atoms with Gasteiger partial charge in [-0.2, -0.15) is 0 Å². The Morgan fingerprint density at radius 3 is 2.48 bits per heavy atom. The van der Waals surface area contributed by atoms with Gasteiger partial charge in [0.05, 0.1) is 18.4 Å². The average molecular weight is 365 g/mol. The largest absolute Gasteiger partial charge is 0.489 e. The molecule has 2 aromatic carbocycles. The van der Waals surface area contributed by atoms with Crippen molar-refractivity contribution in [2.75, 3.05) is 6.61 Å². The van der Waals surface area contributed by atoms with E-state index in [1.54, 1.807) is 30.3 Å². The molecular formula is C21H19NO5. The van der Waals surface area contributed by atoms with Crippen LogP contribution in [0.4, 0.5) is 0 Å². The van der Waals surface area contributed by atoms with Gasteiger partial charge in [-0.3, -0.25) is 4.79 Å². The van der Waals surface area contributed by atoms with Crippen molar-refractivity contribution in [2.24, 2.45) is 0 Å². The van der Waals surface area contributed by atoms with Crippen LogP contribution >= 0.6 is 0 Å². The number of para-hydroxylation sites is 1. The Kier molecular flexibility index (Phi) is 6.25. The predicted octanol–water partition coefficient (Wildman–Crippen LogP) is 3.33. The number of esters is 1. The van der Waals surface area contributed by atoms with Crippen molar-refractivity contribution in [3.05, 3.63) is 89.9 Å². The number of amides is 1. The molecule has 0 bridgehead atoms. The third-order valence-electron chi connectivity index (χ3n) is 3.75. The summed E-state index contributed by atoms with van der Waals surface area (Å²) in [6.07, 6.45) is 1.52. The van der Waals surface area contributed by atoms with E-state index in [1.165, 1.54) is 6.26 Å². The number of hydrogen-bond acceptors (Lipinski definition) is 5. The Labute approximate surface area is 156 Å². The summed E-state index contributed by atoms with van der Waals surface area (Å²) in [6, 6.07) is 19.8. The Bertz CT molecular complexity index is 875. The molecule has 0 fully saturated rings. The van der Waals surface area contributed by atoms with Crippen molar-refractivity contribution in [2.45, 2.75) is 13.2 Å². The molecule has 6 nitrogen and oxygen atoms in total. The highest BCUT2D eigenvalue weighted by molar-refractivity contribution is 5.92. The van der Waals surface area contributed by atoms with Crippen LogP contribution in [0.2, 0.25) is 0 Å². The maximum atomic E-state index is 12.3. The van der Waals surface area contributed by atoms with Crippen LogP contribution in [0.25, 0.3) is 0 Å². The molecule has 1 N–H and O–H groups in total. The Balaban J connectivity index is 1.52. The summed E-state index contributed by atoms with van der Waals surface area (Å²) >= 11 is 0. The van der Waals surface area contributed by atoms with Gasteiger partial charge in [-0.25, -0.2) is 4.79 Å². The lowest BCUT2D eigenvalue weighted by Crippen LogP contribution is -2.28. The van der Waals surface area contributed by atoms with E-state index in [2.05, 4.69) is 5.32 Å². The molecule has 3 aromatic rings. The summed E-state index contributed by atoms with van der Waals surface area (Å²) < 4.78 is 15.9. The van der Waals surface area contributed by atoms with Crippen molar-refractivity contribution in [1.82, 2.24) is 5.32 Å². The average Bonchev–Trinajstić information content (AvgIpc) is 3.23. The zero-order valence-corrected chi connectivity index (χ0v) is 14.6. The van der Waals surface area contributed by atoms with E-state index in [-0.39, 0.29) is 19.8 Å². The monoisotopic (exact) mass is 365 g/mol. The molecular weight excluding hydrogens is 346 g/mol. The summed E-state index contributed by atoms with van der Waals surface area (Å²) in [5, 5.41) is 2.62. The maximum absolute atomic E-state index is 12.3. The van der Waals surface area contributed by atoms with E-state index in [0.717, 1.165) is 0 Å². The summed E-state index contributed by atoms with van der Waals surface area (Å²) in [5.74, 6) is 0.351. The zero-order chi connectivity index (χ0) is 18.9. The topological polar surface area (TPSA) is 77.8 Å². The predicted molar refractivity (Wildman–Crippen MR) is 98.1 cm³/mol. The molecule has 1 heterocycles. The van der Waals surface area contributed by atoms with Crippen LogP contribution in [0.1, 0.15) is 21.7 Å². The fourth-order valence-electron chi connectivity index (χ4n) is 2.38. The molecule has 0 saturated carbocycles. The van der Waals surface area contributed by atoms with E-state index in [9.17, 15) is 9.59 Å². The minimum Gasteiger partial charge on any atom is -0.489 e. The smallest absolute Gasteiger partial charge is 0.339 e. The lowest BCUT2D eigenvalue weighted by atomic mass is 10.1. The van der Waals surface area contributed by atoms with Gasteiger partial charge in [0.25, 0.3) is 5.91 Å². The normalized spacial score (nSPS) is 10.2. The minimum atomic E-state index is -0.574. The molecule has 1 aromatic heterocycles. The second-order valence-electron chi connectivity index (χ2n) is 5.69. The molecule has 0 unspecified atom stereocenters. The lowest BCUT2D eigenvalue weighted by Gasteiger charge is -2.11. The first-order valence-electron chi connectivity index (χ1n) is 8.44. The molecule has 1 amide bonds. The SMILES string of the molecule is O=C(COC(=O)c1ccccc1COc1ccccc1)NCc1ccco1.